The minimum atomic E-state index is -3.62. The summed E-state index contributed by atoms with van der Waals surface area (Å²) in [5, 5.41) is 0. The van der Waals surface area contributed by atoms with E-state index in [9.17, 15) is 13.2 Å². The van der Waals surface area contributed by atoms with E-state index < -0.39 is 10.0 Å². The molecule has 1 aliphatic rings. The molecule has 8 heteroatoms. The summed E-state index contributed by atoms with van der Waals surface area (Å²) in [6.07, 6.45) is 0. The molecule has 1 saturated heterocycles. The van der Waals surface area contributed by atoms with Gasteiger partial charge in [0.15, 0.2) is 17.3 Å². The Labute approximate surface area is 165 Å². The average molecular weight is 404 g/mol. The number of ether oxygens (including phenoxy) is 2. The number of hydrogen-bond acceptors (Lipinski definition) is 6. The Balaban J connectivity index is 1.72. The Bertz CT molecular complexity index is 949. The lowest BCUT2D eigenvalue weighted by atomic mass is 10.1. The smallest absolute Gasteiger partial charge is 0.243 e. The van der Waals surface area contributed by atoms with Gasteiger partial charge in [-0.2, -0.15) is 4.31 Å². The van der Waals surface area contributed by atoms with Crippen LogP contribution in [0.4, 0.5) is 5.69 Å². The number of Topliss-reactive ketones (excluding diaryl/α,β-unsaturated/α-hetero) is 1. The van der Waals surface area contributed by atoms with Gasteiger partial charge in [-0.05, 0) is 43.3 Å². The van der Waals surface area contributed by atoms with Crippen molar-refractivity contribution >= 4 is 21.5 Å². The Morgan fingerprint density at radius 3 is 2.04 bits per heavy atom. The van der Waals surface area contributed by atoms with Crippen molar-refractivity contribution in [3.8, 4) is 11.5 Å². The number of carbonyl (C=O) groups excluding carboxylic acids is 1. The van der Waals surface area contributed by atoms with Gasteiger partial charge in [0, 0.05) is 43.5 Å². The van der Waals surface area contributed by atoms with E-state index in [0.717, 1.165) is 5.69 Å². The number of sulfonamides is 1. The summed E-state index contributed by atoms with van der Waals surface area (Å²) in [6, 6.07) is 12.0. The van der Waals surface area contributed by atoms with Gasteiger partial charge < -0.3 is 14.4 Å². The molecular formula is C20H24N2O5S. The molecule has 28 heavy (non-hydrogen) atoms. The second kappa shape index (κ2) is 8.20. The Morgan fingerprint density at radius 2 is 1.50 bits per heavy atom. The van der Waals surface area contributed by atoms with Gasteiger partial charge in [-0.1, -0.05) is 0 Å². The quantitative estimate of drug-likeness (QED) is 0.689. The van der Waals surface area contributed by atoms with E-state index >= 15 is 0 Å². The van der Waals surface area contributed by atoms with E-state index in [4.69, 9.17) is 9.47 Å². The normalized spacial score (nSPS) is 15.3. The molecule has 3 rings (SSSR count). The maximum absolute atomic E-state index is 13.0. The summed E-state index contributed by atoms with van der Waals surface area (Å²) in [5.74, 6) is 0.894. The van der Waals surface area contributed by atoms with E-state index in [2.05, 4.69) is 4.90 Å². The SMILES string of the molecule is COc1ccc(S(=O)(=O)N2CCN(c3ccc(C(C)=O)cc3)CC2)cc1OC. The van der Waals surface area contributed by atoms with Crippen LogP contribution in [0.15, 0.2) is 47.4 Å². The topological polar surface area (TPSA) is 76.2 Å². The molecule has 0 radical (unpaired) electrons. The van der Waals surface area contributed by atoms with Crippen LogP contribution in [0.3, 0.4) is 0 Å². The van der Waals surface area contributed by atoms with Crippen molar-refractivity contribution in [2.24, 2.45) is 0 Å². The average Bonchev–Trinajstić information content (AvgIpc) is 2.73. The summed E-state index contributed by atoms with van der Waals surface area (Å²) in [4.78, 5) is 13.7. The van der Waals surface area contributed by atoms with Crippen LogP contribution in [0, 0.1) is 0 Å². The van der Waals surface area contributed by atoms with Gasteiger partial charge in [-0.15, -0.1) is 0 Å². The van der Waals surface area contributed by atoms with Gasteiger partial charge >= 0.3 is 0 Å². The van der Waals surface area contributed by atoms with Crippen LogP contribution in [-0.2, 0) is 10.0 Å². The first kappa shape index (κ1) is 20.2. The van der Waals surface area contributed by atoms with Gasteiger partial charge in [0.1, 0.15) is 0 Å². The summed E-state index contributed by atoms with van der Waals surface area (Å²) in [6.45, 7) is 3.45. The fraction of sp³-hybridized carbons (Fsp3) is 0.350. The number of hydrogen-bond donors (Lipinski definition) is 0. The standard InChI is InChI=1S/C20H24N2O5S/c1-15(23)16-4-6-17(7-5-16)21-10-12-22(13-11-21)28(24,25)18-8-9-19(26-2)20(14-18)27-3/h4-9,14H,10-13H2,1-3H3. The molecule has 1 aliphatic heterocycles. The van der Waals surface area contributed by atoms with E-state index in [1.54, 1.807) is 18.2 Å². The first-order chi connectivity index (χ1) is 13.4. The van der Waals surface area contributed by atoms with Gasteiger partial charge in [-0.25, -0.2) is 8.42 Å². The van der Waals surface area contributed by atoms with E-state index in [0.29, 0.717) is 43.2 Å². The van der Waals surface area contributed by atoms with Crippen molar-refractivity contribution < 1.29 is 22.7 Å². The zero-order valence-corrected chi connectivity index (χ0v) is 17.0. The number of nitrogens with zero attached hydrogens (tertiary/aromatic N) is 2. The van der Waals surface area contributed by atoms with Crippen LogP contribution < -0.4 is 14.4 Å². The molecule has 2 aromatic rings. The number of anilines is 1. The molecule has 1 heterocycles. The lowest BCUT2D eigenvalue weighted by Gasteiger charge is -2.35. The molecule has 0 amide bonds. The van der Waals surface area contributed by atoms with E-state index in [1.165, 1.54) is 37.6 Å². The van der Waals surface area contributed by atoms with E-state index in [1.807, 2.05) is 12.1 Å². The van der Waals surface area contributed by atoms with Crippen LogP contribution in [0.1, 0.15) is 17.3 Å². The number of benzene rings is 2. The molecule has 1 fully saturated rings. The second-order valence-electron chi connectivity index (χ2n) is 6.51. The molecule has 0 bridgehead atoms. The van der Waals surface area contributed by atoms with Gasteiger partial charge in [0.05, 0.1) is 19.1 Å². The summed E-state index contributed by atoms with van der Waals surface area (Å²) in [5.41, 5.74) is 1.64. The molecule has 0 N–H and O–H groups in total. The number of piperazine rings is 1. The molecule has 0 aliphatic carbocycles. The maximum atomic E-state index is 13.0. The lowest BCUT2D eigenvalue weighted by Crippen LogP contribution is -2.48. The monoisotopic (exact) mass is 404 g/mol. The minimum Gasteiger partial charge on any atom is -0.493 e. The molecule has 2 aromatic carbocycles. The van der Waals surface area contributed by atoms with E-state index in [-0.39, 0.29) is 10.7 Å². The molecular weight excluding hydrogens is 380 g/mol. The van der Waals surface area contributed by atoms with Gasteiger partial charge in [0.2, 0.25) is 10.0 Å². The number of rotatable bonds is 6. The first-order valence-corrected chi connectivity index (χ1v) is 10.4. The molecule has 0 atom stereocenters. The molecule has 0 saturated carbocycles. The predicted octanol–water partition coefficient (Wildman–Crippen LogP) is 2.42. The highest BCUT2D eigenvalue weighted by molar-refractivity contribution is 7.89. The fourth-order valence-corrected chi connectivity index (χ4v) is 4.66. The molecule has 150 valence electrons. The van der Waals surface area contributed by atoms with Gasteiger partial charge in [-0.3, -0.25) is 4.79 Å². The third-order valence-electron chi connectivity index (χ3n) is 4.87. The Kier molecular flexibility index (Phi) is 5.90. The van der Waals surface area contributed by atoms with Crippen molar-refractivity contribution in [1.82, 2.24) is 4.31 Å². The van der Waals surface area contributed by atoms with Crippen LogP contribution in [0.5, 0.6) is 11.5 Å². The molecule has 7 nitrogen and oxygen atoms in total. The lowest BCUT2D eigenvalue weighted by molar-refractivity contribution is 0.101. The Morgan fingerprint density at radius 1 is 0.893 bits per heavy atom. The zero-order chi connectivity index (χ0) is 20.3. The summed E-state index contributed by atoms with van der Waals surface area (Å²) in [7, 11) is -0.632. The highest BCUT2D eigenvalue weighted by atomic mass is 32.2. The highest BCUT2D eigenvalue weighted by Crippen LogP contribution is 2.31. The van der Waals surface area contributed by atoms with Crippen molar-refractivity contribution in [2.45, 2.75) is 11.8 Å². The fourth-order valence-electron chi connectivity index (χ4n) is 3.22. The van der Waals surface area contributed by atoms with Crippen molar-refractivity contribution in [3.63, 3.8) is 0 Å². The van der Waals surface area contributed by atoms with Crippen LogP contribution in [0.2, 0.25) is 0 Å². The molecule has 0 unspecified atom stereocenters. The first-order valence-electron chi connectivity index (χ1n) is 8.95. The largest absolute Gasteiger partial charge is 0.493 e. The molecule has 0 spiro atoms. The predicted molar refractivity (Wildman–Crippen MR) is 107 cm³/mol. The number of carbonyl (C=O) groups is 1. The Hall–Kier alpha value is -2.58. The van der Waals surface area contributed by atoms with Gasteiger partial charge in [0.25, 0.3) is 0 Å². The highest BCUT2D eigenvalue weighted by Gasteiger charge is 2.29. The number of methoxy groups -OCH3 is 2. The maximum Gasteiger partial charge on any atom is 0.243 e. The number of ketones is 1. The van der Waals surface area contributed by atoms with Crippen molar-refractivity contribution in [2.75, 3.05) is 45.3 Å². The third kappa shape index (κ3) is 3.98. The zero-order valence-electron chi connectivity index (χ0n) is 16.2. The summed E-state index contributed by atoms with van der Waals surface area (Å²) < 4.78 is 37.9. The van der Waals surface area contributed by atoms with Crippen LogP contribution in [-0.4, -0.2) is 58.9 Å². The van der Waals surface area contributed by atoms with Crippen molar-refractivity contribution in [1.29, 1.82) is 0 Å². The summed E-state index contributed by atoms with van der Waals surface area (Å²) >= 11 is 0. The minimum absolute atomic E-state index is 0.0254. The second-order valence-corrected chi connectivity index (χ2v) is 8.45. The third-order valence-corrected chi connectivity index (χ3v) is 6.77. The van der Waals surface area contributed by atoms with Crippen LogP contribution >= 0.6 is 0 Å². The van der Waals surface area contributed by atoms with Crippen molar-refractivity contribution in [3.05, 3.63) is 48.0 Å². The molecule has 0 aromatic heterocycles. The van der Waals surface area contributed by atoms with Crippen LogP contribution in [0.25, 0.3) is 0 Å².